The molecular weight excluding hydrogens is 338 g/mol. The summed E-state index contributed by atoms with van der Waals surface area (Å²) >= 11 is 0. The second-order valence-corrected chi connectivity index (χ2v) is 6.25. The SMILES string of the molecule is CC(c1cccc(NC(=O)c2ccccc2)c1)N(C)C(=O)c1ccccn1. The van der Waals surface area contributed by atoms with Gasteiger partial charge in [-0.05, 0) is 48.9 Å². The first-order valence-electron chi connectivity index (χ1n) is 8.71. The summed E-state index contributed by atoms with van der Waals surface area (Å²) in [6.45, 7) is 1.94. The first-order chi connectivity index (χ1) is 13.1. The molecule has 0 saturated carbocycles. The van der Waals surface area contributed by atoms with Crippen LogP contribution in [0.2, 0.25) is 0 Å². The number of nitrogens with zero attached hydrogens (tertiary/aromatic N) is 2. The molecule has 3 aromatic rings. The second kappa shape index (κ2) is 8.27. The molecule has 136 valence electrons. The second-order valence-electron chi connectivity index (χ2n) is 6.25. The lowest BCUT2D eigenvalue weighted by atomic mass is 10.1. The van der Waals surface area contributed by atoms with Gasteiger partial charge in [-0.25, -0.2) is 0 Å². The summed E-state index contributed by atoms with van der Waals surface area (Å²) in [4.78, 5) is 30.7. The van der Waals surface area contributed by atoms with Crippen LogP contribution in [0.25, 0.3) is 0 Å². The molecule has 0 aliphatic carbocycles. The molecule has 0 fully saturated rings. The first-order valence-corrected chi connectivity index (χ1v) is 8.71. The van der Waals surface area contributed by atoms with Crippen molar-refractivity contribution >= 4 is 17.5 Å². The normalized spacial score (nSPS) is 11.5. The monoisotopic (exact) mass is 359 g/mol. The van der Waals surface area contributed by atoms with Crippen molar-refractivity contribution in [2.45, 2.75) is 13.0 Å². The Morgan fingerprint density at radius 3 is 2.41 bits per heavy atom. The highest BCUT2D eigenvalue weighted by Gasteiger charge is 2.20. The van der Waals surface area contributed by atoms with Crippen molar-refractivity contribution in [3.8, 4) is 0 Å². The van der Waals surface area contributed by atoms with E-state index in [-0.39, 0.29) is 17.9 Å². The van der Waals surface area contributed by atoms with E-state index in [4.69, 9.17) is 0 Å². The number of carbonyl (C=O) groups is 2. The third-order valence-electron chi connectivity index (χ3n) is 4.45. The molecule has 1 N–H and O–H groups in total. The molecule has 0 bridgehead atoms. The molecule has 3 rings (SSSR count). The van der Waals surface area contributed by atoms with Gasteiger partial charge in [-0.1, -0.05) is 36.4 Å². The maximum absolute atomic E-state index is 12.6. The van der Waals surface area contributed by atoms with Crippen LogP contribution in [0.4, 0.5) is 5.69 Å². The highest BCUT2D eigenvalue weighted by Crippen LogP contribution is 2.23. The van der Waals surface area contributed by atoms with Crippen LogP contribution in [0.15, 0.2) is 79.0 Å². The van der Waals surface area contributed by atoms with E-state index in [1.807, 2.05) is 49.4 Å². The summed E-state index contributed by atoms with van der Waals surface area (Å²) in [6, 6.07) is 21.7. The van der Waals surface area contributed by atoms with Gasteiger partial charge in [0.1, 0.15) is 5.69 Å². The maximum Gasteiger partial charge on any atom is 0.272 e. The predicted octanol–water partition coefficient (Wildman–Crippen LogP) is 4.17. The van der Waals surface area contributed by atoms with Gasteiger partial charge in [0.15, 0.2) is 0 Å². The van der Waals surface area contributed by atoms with Crippen LogP contribution in [0, 0.1) is 0 Å². The van der Waals surface area contributed by atoms with Crippen molar-refractivity contribution in [2.24, 2.45) is 0 Å². The summed E-state index contributed by atoms with van der Waals surface area (Å²) in [5.74, 6) is -0.319. The van der Waals surface area contributed by atoms with E-state index in [1.54, 1.807) is 48.5 Å². The molecule has 0 aliphatic rings. The Bertz CT molecular complexity index is 927. The average molecular weight is 359 g/mol. The van der Waals surface area contributed by atoms with E-state index < -0.39 is 0 Å². The van der Waals surface area contributed by atoms with Gasteiger partial charge in [0, 0.05) is 24.5 Å². The van der Waals surface area contributed by atoms with Crippen LogP contribution < -0.4 is 5.32 Å². The molecule has 5 nitrogen and oxygen atoms in total. The molecule has 0 radical (unpaired) electrons. The highest BCUT2D eigenvalue weighted by molar-refractivity contribution is 6.04. The number of hydrogen-bond acceptors (Lipinski definition) is 3. The zero-order chi connectivity index (χ0) is 19.2. The van der Waals surface area contributed by atoms with Gasteiger partial charge in [0.25, 0.3) is 11.8 Å². The lowest BCUT2D eigenvalue weighted by Gasteiger charge is -2.25. The van der Waals surface area contributed by atoms with Crippen molar-refractivity contribution in [1.29, 1.82) is 0 Å². The fourth-order valence-electron chi connectivity index (χ4n) is 2.74. The standard InChI is InChI=1S/C22H21N3O2/c1-16(25(2)22(27)20-13-6-7-14-23-20)18-11-8-12-19(15-18)24-21(26)17-9-4-3-5-10-17/h3-16H,1-2H3,(H,24,26). The van der Waals surface area contributed by atoms with Crippen molar-refractivity contribution in [2.75, 3.05) is 12.4 Å². The van der Waals surface area contributed by atoms with Gasteiger partial charge in [-0.3, -0.25) is 14.6 Å². The topological polar surface area (TPSA) is 62.3 Å². The lowest BCUT2D eigenvalue weighted by Crippen LogP contribution is -2.30. The summed E-state index contributed by atoms with van der Waals surface area (Å²) in [5, 5.41) is 2.90. The molecule has 0 spiro atoms. The number of rotatable bonds is 5. The minimum Gasteiger partial charge on any atom is -0.334 e. The van der Waals surface area contributed by atoms with Crippen molar-refractivity contribution in [3.63, 3.8) is 0 Å². The number of carbonyl (C=O) groups excluding carboxylic acids is 2. The zero-order valence-electron chi connectivity index (χ0n) is 15.3. The van der Waals surface area contributed by atoms with E-state index in [0.29, 0.717) is 16.9 Å². The smallest absolute Gasteiger partial charge is 0.272 e. The van der Waals surface area contributed by atoms with Crippen LogP contribution in [-0.2, 0) is 0 Å². The fourth-order valence-corrected chi connectivity index (χ4v) is 2.74. The molecule has 1 unspecified atom stereocenters. The van der Waals surface area contributed by atoms with Gasteiger partial charge in [-0.15, -0.1) is 0 Å². The van der Waals surface area contributed by atoms with E-state index in [0.717, 1.165) is 5.56 Å². The maximum atomic E-state index is 12.6. The summed E-state index contributed by atoms with van der Waals surface area (Å²) < 4.78 is 0. The Morgan fingerprint density at radius 2 is 1.70 bits per heavy atom. The zero-order valence-corrected chi connectivity index (χ0v) is 15.3. The van der Waals surface area contributed by atoms with Crippen LogP contribution in [0.1, 0.15) is 39.4 Å². The van der Waals surface area contributed by atoms with E-state index in [2.05, 4.69) is 10.3 Å². The molecule has 1 atom stereocenters. The number of aromatic nitrogens is 1. The summed E-state index contributed by atoms with van der Waals surface area (Å²) in [6.07, 6.45) is 1.60. The van der Waals surface area contributed by atoms with Crippen molar-refractivity contribution < 1.29 is 9.59 Å². The Morgan fingerprint density at radius 1 is 0.963 bits per heavy atom. The van der Waals surface area contributed by atoms with Crippen molar-refractivity contribution in [1.82, 2.24) is 9.88 Å². The van der Waals surface area contributed by atoms with E-state index >= 15 is 0 Å². The molecule has 0 saturated heterocycles. The van der Waals surface area contributed by atoms with Crippen LogP contribution in [0.3, 0.4) is 0 Å². The molecule has 1 heterocycles. The molecule has 1 aromatic heterocycles. The minimum absolute atomic E-state index is 0.151. The van der Waals surface area contributed by atoms with Gasteiger partial charge in [0.05, 0.1) is 6.04 Å². The van der Waals surface area contributed by atoms with Crippen LogP contribution in [-0.4, -0.2) is 28.7 Å². The molecule has 2 amide bonds. The minimum atomic E-state index is -0.173. The molecular formula is C22H21N3O2. The third kappa shape index (κ3) is 4.39. The van der Waals surface area contributed by atoms with Crippen LogP contribution >= 0.6 is 0 Å². The molecule has 27 heavy (non-hydrogen) atoms. The van der Waals surface area contributed by atoms with Crippen LogP contribution in [0.5, 0.6) is 0 Å². The predicted molar refractivity (Wildman–Crippen MR) is 106 cm³/mol. The number of amides is 2. The number of nitrogens with one attached hydrogen (secondary N) is 1. The summed E-state index contributed by atoms with van der Waals surface area (Å²) in [5.41, 5.74) is 2.61. The number of pyridine rings is 1. The van der Waals surface area contributed by atoms with Gasteiger partial charge >= 0.3 is 0 Å². The summed E-state index contributed by atoms with van der Waals surface area (Å²) in [7, 11) is 1.75. The first kappa shape index (κ1) is 18.3. The Labute approximate surface area is 158 Å². The molecule has 2 aromatic carbocycles. The Balaban J connectivity index is 1.74. The Hall–Kier alpha value is -3.47. The lowest BCUT2D eigenvalue weighted by molar-refractivity contribution is 0.0736. The number of anilines is 1. The highest BCUT2D eigenvalue weighted by atomic mass is 16.2. The van der Waals surface area contributed by atoms with Gasteiger partial charge in [0.2, 0.25) is 0 Å². The fraction of sp³-hybridized carbons (Fsp3) is 0.136. The number of hydrogen-bond donors (Lipinski definition) is 1. The molecule has 0 aliphatic heterocycles. The van der Waals surface area contributed by atoms with Gasteiger partial charge < -0.3 is 10.2 Å². The van der Waals surface area contributed by atoms with E-state index in [9.17, 15) is 9.59 Å². The Kier molecular flexibility index (Phi) is 5.61. The van der Waals surface area contributed by atoms with E-state index in [1.165, 1.54) is 0 Å². The van der Waals surface area contributed by atoms with Gasteiger partial charge in [-0.2, -0.15) is 0 Å². The largest absolute Gasteiger partial charge is 0.334 e. The quantitative estimate of drug-likeness (QED) is 0.744. The van der Waals surface area contributed by atoms with Crippen molar-refractivity contribution in [3.05, 3.63) is 95.8 Å². The third-order valence-corrected chi connectivity index (χ3v) is 4.45. The average Bonchev–Trinajstić information content (AvgIpc) is 2.73. The molecule has 5 heteroatoms. The number of benzene rings is 2.